The van der Waals surface area contributed by atoms with Gasteiger partial charge in [-0.15, -0.1) is 0 Å². The molecule has 1 N–H and O–H groups in total. The van der Waals surface area contributed by atoms with Gasteiger partial charge < -0.3 is 10.1 Å². The van der Waals surface area contributed by atoms with Crippen molar-refractivity contribution in [2.45, 2.75) is 25.3 Å². The van der Waals surface area contributed by atoms with Gasteiger partial charge in [-0.05, 0) is 43.5 Å². The minimum absolute atomic E-state index is 0.0124. The highest BCUT2D eigenvalue weighted by Crippen LogP contribution is 2.20. The summed E-state index contributed by atoms with van der Waals surface area (Å²) in [4.78, 5) is 0. The van der Waals surface area contributed by atoms with Crippen LogP contribution in [0, 0.1) is 11.6 Å². The van der Waals surface area contributed by atoms with E-state index in [-0.39, 0.29) is 6.04 Å². The second kappa shape index (κ2) is 5.96. The smallest absolute Gasteiger partial charge is 0.162 e. The first-order chi connectivity index (χ1) is 8.72. The van der Waals surface area contributed by atoms with Gasteiger partial charge >= 0.3 is 0 Å². The van der Waals surface area contributed by atoms with Crippen molar-refractivity contribution in [2.24, 2.45) is 0 Å². The molecule has 1 atom stereocenters. The fraction of sp³-hybridized carbons (Fsp3) is 0.429. The molecule has 0 aliphatic carbocycles. The van der Waals surface area contributed by atoms with Gasteiger partial charge in [0, 0.05) is 6.04 Å². The molecule has 98 valence electrons. The Labute approximate surface area is 106 Å². The molecular weight excluding hydrogens is 236 g/mol. The lowest BCUT2D eigenvalue weighted by molar-refractivity contribution is 0.219. The number of benzene rings is 1. The lowest BCUT2D eigenvalue weighted by Gasteiger charge is -2.23. The Morgan fingerprint density at radius 2 is 2.22 bits per heavy atom. The Balaban J connectivity index is 2.15. The van der Waals surface area contributed by atoms with Crippen molar-refractivity contribution < 1.29 is 13.5 Å². The summed E-state index contributed by atoms with van der Waals surface area (Å²) in [5.74, 6) is -1.55. The minimum atomic E-state index is -0.795. The van der Waals surface area contributed by atoms with Gasteiger partial charge in [0.2, 0.25) is 0 Å². The third-order valence-electron chi connectivity index (χ3n) is 3.21. The summed E-state index contributed by atoms with van der Waals surface area (Å²) in [6.07, 6.45) is 4.06. The van der Waals surface area contributed by atoms with E-state index >= 15 is 0 Å². The number of rotatable bonds is 4. The van der Waals surface area contributed by atoms with Crippen molar-refractivity contribution in [3.8, 4) is 0 Å². The molecule has 1 aromatic carbocycles. The van der Waals surface area contributed by atoms with Crippen LogP contribution in [-0.4, -0.2) is 19.7 Å². The average molecular weight is 253 g/mol. The molecule has 1 aromatic rings. The van der Waals surface area contributed by atoms with E-state index in [9.17, 15) is 8.78 Å². The summed E-state index contributed by atoms with van der Waals surface area (Å²) >= 11 is 0. The number of ether oxygens (including phenoxy) is 1. The van der Waals surface area contributed by atoms with Crippen LogP contribution in [0.3, 0.4) is 0 Å². The van der Waals surface area contributed by atoms with Crippen molar-refractivity contribution in [1.82, 2.24) is 5.32 Å². The van der Waals surface area contributed by atoms with Gasteiger partial charge in [-0.25, -0.2) is 8.78 Å². The van der Waals surface area contributed by atoms with Crippen LogP contribution in [0.15, 0.2) is 30.0 Å². The lowest BCUT2D eigenvalue weighted by Crippen LogP contribution is -2.31. The first kappa shape index (κ1) is 13.0. The maximum Gasteiger partial charge on any atom is 0.162 e. The Bertz CT molecular complexity index is 445. The van der Waals surface area contributed by atoms with Crippen LogP contribution in [0.2, 0.25) is 0 Å². The molecule has 0 bridgehead atoms. The van der Waals surface area contributed by atoms with E-state index in [4.69, 9.17) is 4.74 Å². The molecule has 2 rings (SSSR count). The average Bonchev–Trinajstić information content (AvgIpc) is 2.41. The van der Waals surface area contributed by atoms with E-state index in [1.807, 2.05) is 7.05 Å². The number of nitrogens with one attached hydrogen (secondary N) is 1. The molecule has 0 radical (unpaired) electrons. The summed E-state index contributed by atoms with van der Waals surface area (Å²) in [5, 5.41) is 3.13. The monoisotopic (exact) mass is 253 g/mol. The van der Waals surface area contributed by atoms with Gasteiger partial charge in [0.25, 0.3) is 0 Å². The fourth-order valence-electron chi connectivity index (χ4n) is 2.19. The van der Waals surface area contributed by atoms with Crippen LogP contribution in [0.4, 0.5) is 8.78 Å². The predicted octanol–water partition coefficient (Wildman–Crippen LogP) is 2.79. The van der Waals surface area contributed by atoms with Gasteiger partial charge in [-0.3, -0.25) is 0 Å². The predicted molar refractivity (Wildman–Crippen MR) is 66.2 cm³/mol. The molecule has 18 heavy (non-hydrogen) atoms. The molecule has 0 saturated carbocycles. The molecule has 1 aliphatic rings. The van der Waals surface area contributed by atoms with Crippen molar-refractivity contribution in [3.05, 3.63) is 47.2 Å². The SMILES string of the molecule is CNC(Cc1cccc(F)c1F)C1=COCCC1. The normalized spacial score (nSPS) is 16.9. The van der Waals surface area contributed by atoms with Crippen LogP contribution in [-0.2, 0) is 11.2 Å². The second-order valence-electron chi connectivity index (χ2n) is 4.43. The lowest BCUT2D eigenvalue weighted by atomic mass is 9.95. The highest BCUT2D eigenvalue weighted by Gasteiger charge is 2.18. The summed E-state index contributed by atoms with van der Waals surface area (Å²) in [7, 11) is 1.82. The van der Waals surface area contributed by atoms with Crippen molar-refractivity contribution >= 4 is 0 Å². The summed E-state index contributed by atoms with van der Waals surface area (Å²) in [6, 6.07) is 4.27. The van der Waals surface area contributed by atoms with Crippen molar-refractivity contribution in [2.75, 3.05) is 13.7 Å². The molecule has 1 heterocycles. The quantitative estimate of drug-likeness (QED) is 0.891. The van der Waals surface area contributed by atoms with Crippen molar-refractivity contribution in [3.63, 3.8) is 0 Å². The topological polar surface area (TPSA) is 21.3 Å². The zero-order valence-corrected chi connectivity index (χ0v) is 10.4. The minimum Gasteiger partial charge on any atom is -0.501 e. The van der Waals surface area contributed by atoms with Crippen LogP contribution >= 0.6 is 0 Å². The zero-order chi connectivity index (χ0) is 13.0. The standard InChI is InChI=1S/C14H17F2NO/c1-17-13(11-5-3-7-18-9-11)8-10-4-2-6-12(15)14(10)16/h2,4,6,9,13,17H,3,5,7-8H2,1H3. The summed E-state index contributed by atoms with van der Waals surface area (Å²) < 4.78 is 32.0. The first-order valence-electron chi connectivity index (χ1n) is 6.13. The maximum absolute atomic E-state index is 13.6. The molecule has 0 fully saturated rings. The number of hydrogen-bond acceptors (Lipinski definition) is 2. The van der Waals surface area contributed by atoms with Crippen molar-refractivity contribution in [1.29, 1.82) is 0 Å². The largest absolute Gasteiger partial charge is 0.501 e. The van der Waals surface area contributed by atoms with E-state index < -0.39 is 11.6 Å². The molecule has 2 nitrogen and oxygen atoms in total. The Morgan fingerprint density at radius 1 is 1.39 bits per heavy atom. The number of likely N-dealkylation sites (N-methyl/N-ethyl adjacent to an activating group) is 1. The molecule has 0 aromatic heterocycles. The van der Waals surface area contributed by atoms with Gasteiger partial charge in [0.15, 0.2) is 11.6 Å². The molecule has 0 saturated heterocycles. The highest BCUT2D eigenvalue weighted by molar-refractivity contribution is 5.23. The second-order valence-corrected chi connectivity index (χ2v) is 4.43. The van der Waals surface area contributed by atoms with Crippen LogP contribution in [0.25, 0.3) is 0 Å². The zero-order valence-electron chi connectivity index (χ0n) is 10.4. The molecular formula is C14H17F2NO. The highest BCUT2D eigenvalue weighted by atomic mass is 19.2. The Kier molecular flexibility index (Phi) is 4.31. The molecule has 0 amide bonds. The summed E-state index contributed by atoms with van der Waals surface area (Å²) in [6.45, 7) is 0.730. The van der Waals surface area contributed by atoms with E-state index in [0.29, 0.717) is 12.0 Å². The van der Waals surface area contributed by atoms with Gasteiger partial charge in [-0.1, -0.05) is 12.1 Å². The van der Waals surface area contributed by atoms with E-state index in [1.165, 1.54) is 6.07 Å². The molecule has 1 aliphatic heterocycles. The third kappa shape index (κ3) is 2.88. The molecule has 1 unspecified atom stereocenters. The Morgan fingerprint density at radius 3 is 2.89 bits per heavy atom. The first-order valence-corrected chi connectivity index (χ1v) is 6.13. The van der Waals surface area contributed by atoms with Crippen LogP contribution < -0.4 is 5.32 Å². The molecule has 4 heteroatoms. The van der Waals surface area contributed by atoms with Gasteiger partial charge in [0.05, 0.1) is 12.9 Å². The third-order valence-corrected chi connectivity index (χ3v) is 3.21. The van der Waals surface area contributed by atoms with Crippen LogP contribution in [0.1, 0.15) is 18.4 Å². The maximum atomic E-state index is 13.6. The Hall–Kier alpha value is -1.42. The van der Waals surface area contributed by atoms with E-state index in [1.54, 1.807) is 12.3 Å². The molecule has 0 spiro atoms. The van der Waals surface area contributed by atoms with E-state index in [0.717, 1.165) is 31.1 Å². The van der Waals surface area contributed by atoms with Gasteiger partial charge in [0.1, 0.15) is 0 Å². The summed E-state index contributed by atoms with van der Waals surface area (Å²) in [5.41, 5.74) is 1.49. The van der Waals surface area contributed by atoms with Gasteiger partial charge in [-0.2, -0.15) is 0 Å². The van der Waals surface area contributed by atoms with Crippen LogP contribution in [0.5, 0.6) is 0 Å². The number of hydrogen-bond donors (Lipinski definition) is 1. The van der Waals surface area contributed by atoms with E-state index in [2.05, 4.69) is 5.32 Å². The fourth-order valence-corrected chi connectivity index (χ4v) is 2.19. The number of halogens is 2.